The normalized spacial score (nSPS) is 18.0. The predicted molar refractivity (Wildman–Crippen MR) is 84.4 cm³/mol. The maximum absolute atomic E-state index is 12.7. The molecule has 1 aromatic rings. The Bertz CT molecular complexity index is 595. The summed E-state index contributed by atoms with van der Waals surface area (Å²) in [6, 6.07) is 6.88. The van der Waals surface area contributed by atoms with Crippen molar-refractivity contribution in [2.24, 2.45) is 5.73 Å². The van der Waals surface area contributed by atoms with Crippen LogP contribution in [0.4, 0.5) is 0 Å². The van der Waals surface area contributed by atoms with E-state index in [0.29, 0.717) is 18.0 Å². The highest BCUT2D eigenvalue weighted by Gasteiger charge is 2.42. The van der Waals surface area contributed by atoms with Crippen molar-refractivity contribution < 1.29 is 8.42 Å². The zero-order valence-corrected chi connectivity index (χ0v) is 13.9. The van der Waals surface area contributed by atoms with Crippen LogP contribution in [-0.4, -0.2) is 50.8 Å². The number of sulfonamides is 1. The van der Waals surface area contributed by atoms with Crippen LogP contribution in [-0.2, 0) is 16.6 Å². The Kier molecular flexibility index (Phi) is 4.72. The molecule has 2 rings (SSSR count). The maximum Gasteiger partial charge on any atom is 0.242 e. The Morgan fingerprint density at radius 3 is 2.38 bits per heavy atom. The average Bonchev–Trinajstić information content (AvgIpc) is 2.42. The van der Waals surface area contributed by atoms with Crippen LogP contribution in [0.25, 0.3) is 0 Å². The van der Waals surface area contributed by atoms with E-state index in [0.717, 1.165) is 24.8 Å². The van der Waals surface area contributed by atoms with Gasteiger partial charge in [-0.2, -0.15) is 4.31 Å². The summed E-state index contributed by atoms with van der Waals surface area (Å²) in [5, 5.41) is 0. The molecular formula is C15H25N3O2S. The van der Waals surface area contributed by atoms with Gasteiger partial charge in [-0.1, -0.05) is 12.1 Å². The number of hydrogen-bond acceptors (Lipinski definition) is 4. The summed E-state index contributed by atoms with van der Waals surface area (Å²) in [4.78, 5) is 2.47. The van der Waals surface area contributed by atoms with Crippen molar-refractivity contribution in [1.29, 1.82) is 0 Å². The molecule has 1 aliphatic rings. The fourth-order valence-corrected chi connectivity index (χ4v) is 4.16. The van der Waals surface area contributed by atoms with E-state index in [1.165, 1.54) is 4.31 Å². The Labute approximate surface area is 127 Å². The van der Waals surface area contributed by atoms with Gasteiger partial charge in [-0.25, -0.2) is 8.42 Å². The van der Waals surface area contributed by atoms with E-state index in [1.807, 2.05) is 20.2 Å². The van der Waals surface area contributed by atoms with Gasteiger partial charge in [0, 0.05) is 25.7 Å². The number of benzene rings is 1. The van der Waals surface area contributed by atoms with E-state index in [2.05, 4.69) is 4.90 Å². The molecule has 0 bridgehead atoms. The molecule has 5 nitrogen and oxygen atoms in total. The molecule has 1 saturated carbocycles. The van der Waals surface area contributed by atoms with Crippen molar-refractivity contribution in [3.05, 3.63) is 29.8 Å². The largest absolute Gasteiger partial charge is 0.326 e. The highest BCUT2D eigenvalue weighted by atomic mass is 32.2. The predicted octanol–water partition coefficient (Wildman–Crippen LogP) is 1.25. The van der Waals surface area contributed by atoms with Gasteiger partial charge >= 0.3 is 0 Å². The lowest BCUT2D eigenvalue weighted by atomic mass is 9.75. The van der Waals surface area contributed by atoms with Crippen LogP contribution >= 0.6 is 0 Å². The first-order chi connectivity index (χ1) is 9.82. The van der Waals surface area contributed by atoms with E-state index in [4.69, 9.17) is 5.73 Å². The first-order valence-corrected chi connectivity index (χ1v) is 8.69. The van der Waals surface area contributed by atoms with E-state index >= 15 is 0 Å². The molecule has 0 amide bonds. The second-order valence-corrected chi connectivity index (χ2v) is 8.13. The van der Waals surface area contributed by atoms with E-state index < -0.39 is 10.0 Å². The van der Waals surface area contributed by atoms with Crippen LogP contribution in [0, 0.1) is 0 Å². The Morgan fingerprint density at radius 1 is 1.24 bits per heavy atom. The molecule has 0 aliphatic heterocycles. The minimum absolute atomic E-state index is 0.0205. The standard InChI is InChI=1S/C15H25N3O2S/c1-17(2)15(8-5-9-15)12-18(3)21(19,20)14-7-4-6-13(10-14)11-16/h4,6-7,10H,5,8-9,11-12,16H2,1-3H3. The smallest absolute Gasteiger partial charge is 0.242 e. The molecule has 0 spiro atoms. The molecule has 1 aromatic carbocycles. The molecule has 0 radical (unpaired) electrons. The van der Waals surface area contributed by atoms with Gasteiger partial charge in [0.2, 0.25) is 10.0 Å². The zero-order valence-electron chi connectivity index (χ0n) is 13.0. The molecule has 6 heteroatoms. The van der Waals surface area contributed by atoms with Crippen molar-refractivity contribution in [2.75, 3.05) is 27.7 Å². The Hall–Kier alpha value is -0.950. The molecule has 0 saturated heterocycles. The summed E-state index contributed by atoms with van der Waals surface area (Å²) >= 11 is 0. The number of nitrogens with two attached hydrogens (primary N) is 1. The van der Waals surface area contributed by atoms with Gasteiger partial charge in [0.15, 0.2) is 0 Å². The number of likely N-dealkylation sites (N-methyl/N-ethyl adjacent to an activating group) is 2. The zero-order chi connectivity index (χ0) is 15.7. The third-order valence-electron chi connectivity index (χ3n) is 4.59. The molecular weight excluding hydrogens is 286 g/mol. The van der Waals surface area contributed by atoms with E-state index in [1.54, 1.807) is 25.2 Å². The number of nitrogens with zero attached hydrogens (tertiary/aromatic N) is 2. The average molecular weight is 311 g/mol. The van der Waals surface area contributed by atoms with Crippen LogP contribution in [0.2, 0.25) is 0 Å². The van der Waals surface area contributed by atoms with E-state index in [9.17, 15) is 8.42 Å². The van der Waals surface area contributed by atoms with Crippen LogP contribution in [0.5, 0.6) is 0 Å². The van der Waals surface area contributed by atoms with Crippen molar-refractivity contribution in [3.63, 3.8) is 0 Å². The van der Waals surface area contributed by atoms with Crippen molar-refractivity contribution in [1.82, 2.24) is 9.21 Å². The lowest BCUT2D eigenvalue weighted by Crippen LogP contribution is -2.57. The summed E-state index contributed by atoms with van der Waals surface area (Å²) < 4.78 is 26.9. The molecule has 118 valence electrons. The van der Waals surface area contributed by atoms with Crippen molar-refractivity contribution >= 4 is 10.0 Å². The third-order valence-corrected chi connectivity index (χ3v) is 6.39. The molecule has 0 unspecified atom stereocenters. The van der Waals surface area contributed by atoms with Crippen LogP contribution in [0.3, 0.4) is 0 Å². The quantitative estimate of drug-likeness (QED) is 0.858. The molecule has 21 heavy (non-hydrogen) atoms. The first-order valence-electron chi connectivity index (χ1n) is 7.25. The summed E-state index contributed by atoms with van der Waals surface area (Å²) in [5.74, 6) is 0. The lowest BCUT2D eigenvalue weighted by molar-refractivity contribution is 0.0455. The lowest BCUT2D eigenvalue weighted by Gasteiger charge is -2.48. The van der Waals surface area contributed by atoms with Gasteiger partial charge < -0.3 is 10.6 Å². The minimum Gasteiger partial charge on any atom is -0.326 e. The molecule has 0 atom stereocenters. The summed E-state index contributed by atoms with van der Waals surface area (Å²) in [6.45, 7) is 0.865. The van der Waals surface area contributed by atoms with Crippen LogP contribution < -0.4 is 5.73 Å². The monoisotopic (exact) mass is 311 g/mol. The third kappa shape index (κ3) is 3.13. The van der Waals surface area contributed by atoms with Gasteiger partial charge in [0.05, 0.1) is 4.90 Å². The Balaban J connectivity index is 2.22. The minimum atomic E-state index is -3.46. The summed E-state index contributed by atoms with van der Waals surface area (Å²) in [5.41, 5.74) is 6.40. The number of rotatable bonds is 6. The van der Waals surface area contributed by atoms with Gasteiger partial charge in [-0.05, 0) is 51.1 Å². The first kappa shape index (κ1) is 16.4. The van der Waals surface area contributed by atoms with Gasteiger partial charge in [-0.3, -0.25) is 0 Å². The Morgan fingerprint density at radius 2 is 1.90 bits per heavy atom. The van der Waals surface area contributed by atoms with Gasteiger partial charge in [0.25, 0.3) is 0 Å². The summed E-state index contributed by atoms with van der Waals surface area (Å²) in [7, 11) is 2.24. The topological polar surface area (TPSA) is 66.6 Å². The fourth-order valence-electron chi connectivity index (χ4n) is 2.84. The second kappa shape index (κ2) is 6.04. The molecule has 1 fully saturated rings. The van der Waals surface area contributed by atoms with Crippen LogP contribution in [0.1, 0.15) is 24.8 Å². The molecule has 2 N–H and O–H groups in total. The van der Waals surface area contributed by atoms with Crippen molar-refractivity contribution in [3.8, 4) is 0 Å². The van der Waals surface area contributed by atoms with Gasteiger partial charge in [-0.15, -0.1) is 0 Å². The second-order valence-electron chi connectivity index (χ2n) is 6.08. The van der Waals surface area contributed by atoms with Crippen molar-refractivity contribution in [2.45, 2.75) is 36.2 Å². The molecule has 0 aromatic heterocycles. The molecule has 0 heterocycles. The van der Waals surface area contributed by atoms with E-state index in [-0.39, 0.29) is 5.54 Å². The van der Waals surface area contributed by atoms with Gasteiger partial charge in [0.1, 0.15) is 0 Å². The fraction of sp³-hybridized carbons (Fsp3) is 0.600. The highest BCUT2D eigenvalue weighted by Crippen LogP contribution is 2.37. The number of hydrogen-bond donors (Lipinski definition) is 1. The molecule has 1 aliphatic carbocycles. The highest BCUT2D eigenvalue weighted by molar-refractivity contribution is 7.89. The van der Waals surface area contributed by atoms with Crippen LogP contribution in [0.15, 0.2) is 29.2 Å². The summed E-state index contributed by atoms with van der Waals surface area (Å²) in [6.07, 6.45) is 3.25. The SMILES string of the molecule is CN(C)C1(CN(C)S(=O)(=O)c2cccc(CN)c2)CCC1. The maximum atomic E-state index is 12.7.